The Morgan fingerprint density at radius 2 is 2.21 bits per heavy atom. The van der Waals surface area contributed by atoms with Crippen LogP contribution in [0.1, 0.15) is 35.6 Å². The summed E-state index contributed by atoms with van der Waals surface area (Å²) in [6.45, 7) is 5.40. The van der Waals surface area contributed by atoms with Crippen molar-refractivity contribution in [2.24, 2.45) is 0 Å². The smallest absolute Gasteiger partial charge is 0.165 e. The third-order valence-corrected chi connectivity index (χ3v) is 5.68. The summed E-state index contributed by atoms with van der Waals surface area (Å²) in [5.74, 6) is 0.979. The number of morpholine rings is 1. The lowest BCUT2D eigenvalue weighted by atomic mass is 10.1. The molecule has 0 spiro atoms. The molecule has 0 bridgehead atoms. The normalized spacial score (nSPS) is 20.6. The highest BCUT2D eigenvalue weighted by atomic mass is 32.1. The van der Waals surface area contributed by atoms with Crippen molar-refractivity contribution in [2.45, 2.75) is 31.5 Å². The maximum atomic E-state index is 5.52. The molecule has 1 saturated heterocycles. The van der Waals surface area contributed by atoms with E-state index in [1.165, 1.54) is 17.7 Å². The Morgan fingerprint density at radius 1 is 1.38 bits per heavy atom. The predicted molar refractivity (Wildman–Crippen MR) is 91.9 cm³/mol. The van der Waals surface area contributed by atoms with Gasteiger partial charge in [0.2, 0.25) is 0 Å². The van der Waals surface area contributed by atoms with Gasteiger partial charge in [-0.2, -0.15) is 0 Å². The van der Waals surface area contributed by atoms with Crippen molar-refractivity contribution in [1.29, 1.82) is 0 Å². The molecule has 0 N–H and O–H groups in total. The van der Waals surface area contributed by atoms with Crippen LogP contribution in [-0.4, -0.2) is 69.9 Å². The standard InChI is InChI=1S/C16H24N6OS/c1-20(12-16-17-18-19-22(16)13-4-5-13)11-14(15-3-2-10-24-15)21-6-8-23-9-7-21/h2-3,10,13-14H,4-9,11-12H2,1H3. The van der Waals surface area contributed by atoms with E-state index in [4.69, 9.17) is 4.74 Å². The number of hydrogen-bond donors (Lipinski definition) is 0. The molecule has 0 radical (unpaired) electrons. The van der Waals surface area contributed by atoms with Crippen molar-refractivity contribution in [3.63, 3.8) is 0 Å². The fourth-order valence-electron chi connectivity index (χ4n) is 3.28. The van der Waals surface area contributed by atoms with Crippen LogP contribution >= 0.6 is 11.3 Å². The quantitative estimate of drug-likeness (QED) is 0.757. The summed E-state index contributed by atoms with van der Waals surface area (Å²) >= 11 is 1.84. The lowest BCUT2D eigenvalue weighted by Crippen LogP contribution is -2.43. The van der Waals surface area contributed by atoms with Crippen LogP contribution in [0.2, 0.25) is 0 Å². The van der Waals surface area contributed by atoms with Crippen molar-refractivity contribution in [3.05, 3.63) is 28.2 Å². The summed E-state index contributed by atoms with van der Waals surface area (Å²) in [6.07, 6.45) is 2.40. The van der Waals surface area contributed by atoms with E-state index in [9.17, 15) is 0 Å². The molecule has 3 heterocycles. The Bertz CT molecular complexity index is 635. The molecule has 1 aliphatic heterocycles. The van der Waals surface area contributed by atoms with Gasteiger partial charge in [0.05, 0.1) is 31.8 Å². The van der Waals surface area contributed by atoms with E-state index in [2.05, 4.69) is 49.9 Å². The van der Waals surface area contributed by atoms with Gasteiger partial charge in [-0.15, -0.1) is 16.4 Å². The monoisotopic (exact) mass is 348 g/mol. The Labute approximate surface area is 146 Å². The fourth-order valence-corrected chi connectivity index (χ4v) is 4.13. The predicted octanol–water partition coefficient (Wildman–Crippen LogP) is 1.57. The number of tetrazole rings is 1. The highest BCUT2D eigenvalue weighted by Crippen LogP contribution is 2.34. The molecule has 8 heteroatoms. The first kappa shape index (κ1) is 16.1. The maximum absolute atomic E-state index is 5.52. The molecule has 1 aliphatic carbocycles. The van der Waals surface area contributed by atoms with Crippen molar-refractivity contribution in [3.8, 4) is 0 Å². The summed E-state index contributed by atoms with van der Waals surface area (Å²) in [7, 11) is 2.16. The molecule has 1 atom stereocenters. The first-order valence-electron chi connectivity index (χ1n) is 8.62. The Morgan fingerprint density at radius 3 is 2.92 bits per heavy atom. The first-order valence-corrected chi connectivity index (χ1v) is 9.49. The Hall–Kier alpha value is -1.35. The average Bonchev–Trinajstić information content (AvgIpc) is 3.10. The zero-order chi connectivity index (χ0) is 16.4. The van der Waals surface area contributed by atoms with Crippen LogP contribution in [0.3, 0.4) is 0 Å². The van der Waals surface area contributed by atoms with E-state index < -0.39 is 0 Å². The Balaban J connectivity index is 1.44. The van der Waals surface area contributed by atoms with Gasteiger partial charge in [0.25, 0.3) is 0 Å². The van der Waals surface area contributed by atoms with Crippen molar-refractivity contribution < 1.29 is 4.74 Å². The van der Waals surface area contributed by atoms with Crippen molar-refractivity contribution in [2.75, 3.05) is 39.9 Å². The zero-order valence-electron chi connectivity index (χ0n) is 14.0. The summed E-state index contributed by atoms with van der Waals surface area (Å²) < 4.78 is 7.53. The van der Waals surface area contributed by atoms with E-state index in [1.807, 2.05) is 16.0 Å². The van der Waals surface area contributed by atoms with E-state index in [0.717, 1.165) is 45.2 Å². The highest BCUT2D eigenvalue weighted by molar-refractivity contribution is 7.10. The van der Waals surface area contributed by atoms with Crippen LogP contribution in [0.4, 0.5) is 0 Å². The molecule has 2 aromatic rings. The second-order valence-electron chi connectivity index (χ2n) is 6.65. The number of rotatable bonds is 7. The highest BCUT2D eigenvalue weighted by Gasteiger charge is 2.29. The molecule has 7 nitrogen and oxygen atoms in total. The van der Waals surface area contributed by atoms with Gasteiger partial charge in [0, 0.05) is 24.5 Å². The first-order chi connectivity index (χ1) is 11.8. The van der Waals surface area contributed by atoms with E-state index in [0.29, 0.717) is 12.1 Å². The molecule has 1 saturated carbocycles. The van der Waals surface area contributed by atoms with Gasteiger partial charge in [0.1, 0.15) is 0 Å². The minimum Gasteiger partial charge on any atom is -0.379 e. The number of hydrogen-bond acceptors (Lipinski definition) is 7. The summed E-state index contributed by atoms with van der Waals surface area (Å²) in [5.41, 5.74) is 0. The molecule has 24 heavy (non-hydrogen) atoms. The molecule has 0 amide bonds. The molecule has 2 aliphatic rings. The van der Waals surface area contributed by atoms with Gasteiger partial charge >= 0.3 is 0 Å². The molecule has 130 valence electrons. The molecule has 2 fully saturated rings. The van der Waals surface area contributed by atoms with Crippen LogP contribution in [0.25, 0.3) is 0 Å². The van der Waals surface area contributed by atoms with Crippen LogP contribution < -0.4 is 0 Å². The Kier molecular flexibility index (Phi) is 4.88. The largest absolute Gasteiger partial charge is 0.379 e. The third kappa shape index (κ3) is 3.66. The summed E-state index contributed by atoms with van der Waals surface area (Å²) in [6, 6.07) is 5.31. The second-order valence-corrected chi connectivity index (χ2v) is 7.63. The number of thiophene rings is 1. The van der Waals surface area contributed by atoms with Crippen LogP contribution in [-0.2, 0) is 11.3 Å². The van der Waals surface area contributed by atoms with Crippen molar-refractivity contribution >= 4 is 11.3 Å². The summed E-state index contributed by atoms with van der Waals surface area (Å²) in [4.78, 5) is 6.30. The third-order valence-electron chi connectivity index (χ3n) is 4.71. The average molecular weight is 348 g/mol. The van der Waals surface area contributed by atoms with Gasteiger partial charge < -0.3 is 4.74 Å². The van der Waals surface area contributed by atoms with Gasteiger partial charge in [-0.1, -0.05) is 6.07 Å². The van der Waals surface area contributed by atoms with Crippen molar-refractivity contribution in [1.82, 2.24) is 30.0 Å². The number of likely N-dealkylation sites (N-methyl/N-ethyl adjacent to an activating group) is 1. The molecular weight excluding hydrogens is 324 g/mol. The number of aromatic nitrogens is 4. The van der Waals surface area contributed by atoms with E-state index in [1.54, 1.807) is 0 Å². The molecule has 1 unspecified atom stereocenters. The molecular formula is C16H24N6OS. The fraction of sp³-hybridized carbons (Fsp3) is 0.688. The minimum atomic E-state index is 0.407. The molecule has 4 rings (SSSR count). The van der Waals surface area contributed by atoms with Gasteiger partial charge in [-0.05, 0) is 41.8 Å². The molecule has 2 aromatic heterocycles. The van der Waals surface area contributed by atoms with Crippen LogP contribution in [0.15, 0.2) is 17.5 Å². The van der Waals surface area contributed by atoms with E-state index >= 15 is 0 Å². The lowest BCUT2D eigenvalue weighted by Gasteiger charge is -2.36. The minimum absolute atomic E-state index is 0.407. The zero-order valence-corrected chi connectivity index (χ0v) is 14.9. The number of ether oxygens (including phenoxy) is 1. The van der Waals surface area contributed by atoms with Crippen LogP contribution in [0.5, 0.6) is 0 Å². The van der Waals surface area contributed by atoms with Crippen LogP contribution in [0, 0.1) is 0 Å². The van der Waals surface area contributed by atoms with Gasteiger partial charge in [-0.25, -0.2) is 4.68 Å². The SMILES string of the molecule is CN(Cc1nnnn1C1CC1)CC(c1cccs1)N1CCOCC1. The topological polar surface area (TPSA) is 59.3 Å². The van der Waals surface area contributed by atoms with Gasteiger partial charge in [0.15, 0.2) is 5.82 Å². The van der Waals surface area contributed by atoms with Gasteiger partial charge in [-0.3, -0.25) is 9.80 Å². The molecule has 0 aromatic carbocycles. The number of nitrogens with zero attached hydrogens (tertiary/aromatic N) is 6. The second kappa shape index (κ2) is 7.26. The lowest BCUT2D eigenvalue weighted by molar-refractivity contribution is 0.00942. The maximum Gasteiger partial charge on any atom is 0.165 e. The summed E-state index contributed by atoms with van der Waals surface area (Å²) in [5, 5.41) is 14.4. The van der Waals surface area contributed by atoms with E-state index in [-0.39, 0.29) is 0 Å².